The highest BCUT2D eigenvalue weighted by atomic mass is 19.1. The van der Waals surface area contributed by atoms with Crippen molar-refractivity contribution in [2.45, 2.75) is 19.4 Å². The van der Waals surface area contributed by atoms with Crippen LogP contribution in [0.5, 0.6) is 0 Å². The number of H-pyrrole nitrogens is 1. The third-order valence-corrected chi connectivity index (χ3v) is 4.58. The molecule has 7 nitrogen and oxygen atoms in total. The molecule has 0 radical (unpaired) electrons. The second-order valence-electron chi connectivity index (χ2n) is 6.56. The van der Waals surface area contributed by atoms with Crippen LogP contribution in [0.2, 0.25) is 0 Å². The van der Waals surface area contributed by atoms with E-state index in [2.05, 4.69) is 20.5 Å². The van der Waals surface area contributed by atoms with Gasteiger partial charge in [-0.1, -0.05) is 0 Å². The summed E-state index contributed by atoms with van der Waals surface area (Å²) < 4.78 is 13.0. The SMILES string of the molecule is O=C(NCc1cncc(N2CCCC2=O)c1)c1cc(-c2ccc(F)cc2)n[nH]1. The van der Waals surface area contributed by atoms with Crippen LogP contribution in [0.1, 0.15) is 28.9 Å². The molecule has 1 saturated heterocycles. The topological polar surface area (TPSA) is 91.0 Å². The molecule has 8 heteroatoms. The van der Waals surface area contributed by atoms with E-state index in [0.29, 0.717) is 29.9 Å². The first-order valence-corrected chi connectivity index (χ1v) is 8.94. The average Bonchev–Trinajstić information content (AvgIpc) is 3.36. The number of rotatable bonds is 5. The van der Waals surface area contributed by atoms with Gasteiger partial charge in [0.1, 0.15) is 11.5 Å². The number of aromatic nitrogens is 3. The molecule has 0 spiro atoms. The first-order valence-electron chi connectivity index (χ1n) is 8.94. The number of carbonyl (C=O) groups is 2. The maximum Gasteiger partial charge on any atom is 0.269 e. The Morgan fingerprint density at radius 2 is 2.04 bits per heavy atom. The van der Waals surface area contributed by atoms with Crippen LogP contribution in [0.4, 0.5) is 10.1 Å². The van der Waals surface area contributed by atoms with Crippen molar-refractivity contribution in [2.75, 3.05) is 11.4 Å². The van der Waals surface area contributed by atoms with Gasteiger partial charge >= 0.3 is 0 Å². The van der Waals surface area contributed by atoms with Crippen molar-refractivity contribution in [2.24, 2.45) is 0 Å². The summed E-state index contributed by atoms with van der Waals surface area (Å²) >= 11 is 0. The number of hydrogen-bond acceptors (Lipinski definition) is 4. The molecule has 0 atom stereocenters. The number of amides is 2. The van der Waals surface area contributed by atoms with E-state index >= 15 is 0 Å². The van der Waals surface area contributed by atoms with E-state index in [1.165, 1.54) is 12.1 Å². The zero-order chi connectivity index (χ0) is 19.5. The Balaban J connectivity index is 1.41. The molecule has 28 heavy (non-hydrogen) atoms. The van der Waals surface area contributed by atoms with E-state index in [1.807, 2.05) is 6.07 Å². The van der Waals surface area contributed by atoms with Crippen molar-refractivity contribution in [3.63, 3.8) is 0 Å². The predicted octanol–water partition coefficient (Wildman–Crippen LogP) is 2.67. The quantitative estimate of drug-likeness (QED) is 0.713. The summed E-state index contributed by atoms with van der Waals surface area (Å²) in [5.74, 6) is -0.555. The molecule has 1 aliphatic rings. The van der Waals surface area contributed by atoms with Gasteiger partial charge in [0.05, 0.1) is 17.6 Å². The number of pyridine rings is 1. The fourth-order valence-corrected chi connectivity index (χ4v) is 3.12. The molecule has 2 aromatic heterocycles. The minimum atomic E-state index is -0.330. The molecular formula is C20H18FN5O2. The minimum Gasteiger partial charge on any atom is -0.347 e. The highest BCUT2D eigenvalue weighted by Gasteiger charge is 2.22. The molecule has 142 valence electrons. The Morgan fingerprint density at radius 1 is 1.21 bits per heavy atom. The number of anilines is 1. The first kappa shape index (κ1) is 17.8. The van der Waals surface area contributed by atoms with E-state index < -0.39 is 0 Å². The molecule has 0 unspecified atom stereocenters. The lowest BCUT2D eigenvalue weighted by Gasteiger charge is -2.16. The molecule has 4 rings (SSSR count). The Labute approximate surface area is 160 Å². The number of nitrogens with zero attached hydrogens (tertiary/aromatic N) is 3. The lowest BCUT2D eigenvalue weighted by atomic mass is 10.1. The highest BCUT2D eigenvalue weighted by molar-refractivity contribution is 5.95. The van der Waals surface area contributed by atoms with E-state index in [9.17, 15) is 14.0 Å². The summed E-state index contributed by atoms with van der Waals surface area (Å²) in [7, 11) is 0. The Morgan fingerprint density at radius 3 is 2.79 bits per heavy atom. The minimum absolute atomic E-state index is 0.0915. The van der Waals surface area contributed by atoms with E-state index in [4.69, 9.17) is 0 Å². The van der Waals surface area contributed by atoms with Crippen LogP contribution < -0.4 is 10.2 Å². The summed E-state index contributed by atoms with van der Waals surface area (Å²) in [6.07, 6.45) is 4.70. The van der Waals surface area contributed by atoms with Crippen LogP contribution in [0, 0.1) is 5.82 Å². The van der Waals surface area contributed by atoms with Crippen molar-refractivity contribution in [3.8, 4) is 11.3 Å². The molecule has 1 fully saturated rings. The monoisotopic (exact) mass is 379 g/mol. The van der Waals surface area contributed by atoms with E-state index in [1.54, 1.807) is 35.5 Å². The summed E-state index contributed by atoms with van der Waals surface area (Å²) in [4.78, 5) is 30.1. The molecule has 2 N–H and O–H groups in total. The van der Waals surface area contributed by atoms with Crippen LogP contribution in [-0.4, -0.2) is 33.5 Å². The van der Waals surface area contributed by atoms with Gasteiger partial charge in [0.2, 0.25) is 5.91 Å². The Kier molecular flexibility index (Phi) is 4.84. The zero-order valence-electron chi connectivity index (χ0n) is 15.0. The van der Waals surface area contributed by atoms with E-state index in [0.717, 1.165) is 17.7 Å². The smallest absolute Gasteiger partial charge is 0.269 e. The second kappa shape index (κ2) is 7.59. The summed E-state index contributed by atoms with van der Waals surface area (Å²) in [6.45, 7) is 0.962. The first-order chi connectivity index (χ1) is 13.6. The predicted molar refractivity (Wildman–Crippen MR) is 101 cm³/mol. The van der Waals surface area contributed by atoms with Gasteiger partial charge in [0.15, 0.2) is 0 Å². The molecule has 0 aliphatic carbocycles. The van der Waals surface area contributed by atoms with Crippen molar-refractivity contribution in [1.29, 1.82) is 0 Å². The fraction of sp³-hybridized carbons (Fsp3) is 0.200. The summed E-state index contributed by atoms with van der Waals surface area (Å²) in [6, 6.07) is 9.35. The molecule has 0 saturated carbocycles. The number of hydrogen-bond donors (Lipinski definition) is 2. The van der Waals surface area contributed by atoms with Gasteiger partial charge in [0, 0.05) is 31.3 Å². The van der Waals surface area contributed by atoms with Crippen molar-refractivity contribution < 1.29 is 14.0 Å². The molecule has 3 heterocycles. The van der Waals surface area contributed by atoms with Gasteiger partial charge in [-0.15, -0.1) is 0 Å². The lowest BCUT2D eigenvalue weighted by molar-refractivity contribution is -0.117. The molecule has 0 bridgehead atoms. The zero-order valence-corrected chi connectivity index (χ0v) is 15.0. The third kappa shape index (κ3) is 3.75. The van der Waals surface area contributed by atoms with Gasteiger partial charge in [-0.05, 0) is 48.4 Å². The maximum absolute atomic E-state index is 13.0. The van der Waals surface area contributed by atoms with Crippen molar-refractivity contribution in [3.05, 3.63) is 65.9 Å². The molecule has 1 aromatic carbocycles. The highest BCUT2D eigenvalue weighted by Crippen LogP contribution is 2.21. The third-order valence-electron chi connectivity index (χ3n) is 4.58. The van der Waals surface area contributed by atoms with Gasteiger partial charge in [0.25, 0.3) is 5.91 Å². The molecule has 3 aromatic rings. The maximum atomic E-state index is 13.0. The largest absolute Gasteiger partial charge is 0.347 e. The Hall–Kier alpha value is -3.55. The van der Waals surface area contributed by atoms with Gasteiger partial charge in [-0.2, -0.15) is 5.10 Å². The molecular weight excluding hydrogens is 361 g/mol. The number of benzene rings is 1. The van der Waals surface area contributed by atoms with E-state index in [-0.39, 0.29) is 24.2 Å². The second-order valence-corrected chi connectivity index (χ2v) is 6.56. The summed E-state index contributed by atoms with van der Waals surface area (Å²) in [5.41, 5.74) is 3.11. The van der Waals surface area contributed by atoms with Crippen LogP contribution in [-0.2, 0) is 11.3 Å². The van der Waals surface area contributed by atoms with Crippen LogP contribution >= 0.6 is 0 Å². The van der Waals surface area contributed by atoms with Gasteiger partial charge in [-0.25, -0.2) is 4.39 Å². The number of aromatic amines is 1. The fourth-order valence-electron chi connectivity index (χ4n) is 3.12. The van der Waals surface area contributed by atoms with Crippen molar-refractivity contribution >= 4 is 17.5 Å². The number of carbonyl (C=O) groups excluding carboxylic acids is 2. The van der Waals surface area contributed by atoms with Gasteiger partial charge < -0.3 is 10.2 Å². The average molecular weight is 379 g/mol. The number of nitrogens with one attached hydrogen (secondary N) is 2. The van der Waals surface area contributed by atoms with Crippen molar-refractivity contribution in [1.82, 2.24) is 20.5 Å². The van der Waals surface area contributed by atoms with Crippen LogP contribution in [0.15, 0.2) is 48.8 Å². The van der Waals surface area contributed by atoms with Crippen LogP contribution in [0.3, 0.4) is 0 Å². The van der Waals surface area contributed by atoms with Crippen LogP contribution in [0.25, 0.3) is 11.3 Å². The van der Waals surface area contributed by atoms with Gasteiger partial charge in [-0.3, -0.25) is 19.7 Å². The molecule has 2 amide bonds. The lowest BCUT2D eigenvalue weighted by Crippen LogP contribution is -2.25. The number of halogens is 1. The Bertz CT molecular complexity index is 1020. The summed E-state index contributed by atoms with van der Waals surface area (Å²) in [5, 5.41) is 9.60. The standard InChI is InChI=1S/C20H18FN5O2/c21-15-5-3-14(4-6-15)17-9-18(25-24-17)20(28)23-11-13-8-16(12-22-10-13)26-7-1-2-19(26)27/h3-6,8-10,12H,1-2,7,11H2,(H,23,28)(H,24,25). The molecule has 1 aliphatic heterocycles. The normalized spacial score (nSPS) is 13.8.